The number of nitrogens with zero attached hydrogens (tertiary/aromatic N) is 2. The van der Waals surface area contributed by atoms with Crippen LogP contribution in [0.4, 0.5) is 5.69 Å². The van der Waals surface area contributed by atoms with Crippen molar-refractivity contribution in [1.82, 2.24) is 0 Å². The second-order valence-electron chi connectivity index (χ2n) is 4.46. The number of hydrogen-bond acceptors (Lipinski definition) is 3. The molecule has 1 amide bonds. The lowest BCUT2D eigenvalue weighted by Crippen LogP contribution is -2.19. The molecule has 20 heavy (non-hydrogen) atoms. The molecule has 0 atom stereocenters. The number of para-hydroxylation sites is 1. The molecule has 1 heterocycles. The van der Waals surface area contributed by atoms with Crippen LogP contribution in [0, 0.1) is 6.92 Å². The van der Waals surface area contributed by atoms with Gasteiger partial charge in [-0.2, -0.15) is 10.1 Å². The molecule has 102 valence electrons. The van der Waals surface area contributed by atoms with Crippen LogP contribution in [0.3, 0.4) is 0 Å². The van der Waals surface area contributed by atoms with Crippen molar-refractivity contribution in [2.75, 3.05) is 5.01 Å². The fourth-order valence-corrected chi connectivity index (χ4v) is 1.75. The van der Waals surface area contributed by atoms with Crippen molar-refractivity contribution in [3.8, 4) is 0 Å². The van der Waals surface area contributed by atoms with Crippen LogP contribution in [0.2, 0.25) is 0 Å². The summed E-state index contributed by atoms with van der Waals surface area (Å²) >= 11 is 0. The predicted octanol–water partition coefficient (Wildman–Crippen LogP) is 2.69. The molecule has 3 rings (SSSR count). The Bertz CT molecular complexity index is 594. The summed E-state index contributed by atoms with van der Waals surface area (Å²) in [6.07, 6.45) is 0.217. The normalized spacial score (nSPS) is 13.6. The first kappa shape index (κ1) is 13.8. The summed E-state index contributed by atoms with van der Waals surface area (Å²) in [6.45, 7) is 2.08. The third-order valence-electron chi connectivity index (χ3n) is 2.74. The third-order valence-corrected chi connectivity index (χ3v) is 2.74. The molecule has 2 N–H and O–H groups in total. The molecule has 1 aliphatic rings. The Balaban J connectivity index is 0.000000178. The number of amides is 1. The first-order chi connectivity index (χ1) is 9.66. The fraction of sp³-hybridized carbons (Fsp3) is 0.125. The van der Waals surface area contributed by atoms with Crippen molar-refractivity contribution in [3.05, 3.63) is 66.2 Å². The number of hydrogen-bond donors (Lipinski definition) is 1. The van der Waals surface area contributed by atoms with Crippen LogP contribution in [-0.2, 0) is 4.79 Å². The lowest BCUT2D eigenvalue weighted by molar-refractivity contribution is -0.116. The van der Waals surface area contributed by atoms with Crippen molar-refractivity contribution in [1.29, 1.82) is 0 Å². The van der Waals surface area contributed by atoms with E-state index in [1.165, 1.54) is 10.6 Å². The molecule has 0 aliphatic carbocycles. The van der Waals surface area contributed by atoms with Gasteiger partial charge in [0.15, 0.2) is 0 Å². The van der Waals surface area contributed by atoms with Gasteiger partial charge in [0, 0.05) is 0 Å². The van der Waals surface area contributed by atoms with Crippen LogP contribution < -0.4 is 10.7 Å². The SMILES string of the molecule is Cc1ccccc1.NC1=NN(c2ccccc2)C(=O)C1. The summed E-state index contributed by atoms with van der Waals surface area (Å²) in [5.41, 5.74) is 7.52. The number of hydrazone groups is 1. The number of amidine groups is 1. The number of carbonyl (C=O) groups is 1. The Morgan fingerprint density at radius 3 is 1.95 bits per heavy atom. The minimum Gasteiger partial charge on any atom is -0.385 e. The highest BCUT2D eigenvalue weighted by molar-refractivity contribution is 6.11. The van der Waals surface area contributed by atoms with Gasteiger partial charge in [-0.3, -0.25) is 4.79 Å². The molecule has 0 radical (unpaired) electrons. The molecule has 0 fully saturated rings. The Labute approximate surface area is 118 Å². The van der Waals surface area contributed by atoms with Gasteiger partial charge in [0.1, 0.15) is 5.84 Å². The van der Waals surface area contributed by atoms with Gasteiger partial charge in [0.25, 0.3) is 5.91 Å². The highest BCUT2D eigenvalue weighted by atomic mass is 16.2. The van der Waals surface area contributed by atoms with Gasteiger partial charge in [0.05, 0.1) is 12.1 Å². The zero-order valence-electron chi connectivity index (χ0n) is 11.4. The average molecular weight is 267 g/mol. The Morgan fingerprint density at radius 2 is 1.55 bits per heavy atom. The van der Waals surface area contributed by atoms with E-state index in [9.17, 15) is 4.79 Å². The molecule has 2 aromatic rings. The zero-order valence-corrected chi connectivity index (χ0v) is 11.4. The standard InChI is InChI=1S/C9H9N3O.C7H8/c10-8-6-9(13)12(11-8)7-4-2-1-3-5-7;1-7-5-3-2-4-6-7/h1-5H,6H2,(H2,10,11);2-6H,1H3. The molecule has 0 saturated heterocycles. The molecule has 0 aromatic heterocycles. The van der Waals surface area contributed by atoms with E-state index in [4.69, 9.17) is 5.73 Å². The number of aryl methyl sites for hydroxylation is 1. The molecule has 0 spiro atoms. The van der Waals surface area contributed by atoms with Gasteiger partial charge in [-0.05, 0) is 19.1 Å². The van der Waals surface area contributed by atoms with Crippen LogP contribution in [-0.4, -0.2) is 11.7 Å². The van der Waals surface area contributed by atoms with Crippen LogP contribution >= 0.6 is 0 Å². The number of rotatable bonds is 1. The minimum absolute atomic E-state index is 0.0799. The molecule has 4 nitrogen and oxygen atoms in total. The first-order valence-corrected chi connectivity index (χ1v) is 6.39. The van der Waals surface area contributed by atoms with Crippen LogP contribution in [0.25, 0.3) is 0 Å². The number of nitrogens with two attached hydrogens (primary N) is 1. The van der Waals surface area contributed by atoms with Crippen molar-refractivity contribution in [3.63, 3.8) is 0 Å². The number of carbonyl (C=O) groups excluding carboxylic acids is 1. The fourth-order valence-electron chi connectivity index (χ4n) is 1.75. The predicted molar refractivity (Wildman–Crippen MR) is 81.3 cm³/mol. The van der Waals surface area contributed by atoms with Gasteiger partial charge in [-0.1, -0.05) is 54.1 Å². The summed E-state index contributed by atoms with van der Waals surface area (Å²) < 4.78 is 0. The highest BCUT2D eigenvalue weighted by Gasteiger charge is 2.22. The van der Waals surface area contributed by atoms with Crippen molar-refractivity contribution in [2.45, 2.75) is 13.3 Å². The largest absolute Gasteiger partial charge is 0.385 e. The summed E-state index contributed by atoms with van der Waals surface area (Å²) in [5, 5.41) is 5.25. The lowest BCUT2D eigenvalue weighted by atomic mass is 10.2. The van der Waals surface area contributed by atoms with Crippen molar-refractivity contribution in [2.24, 2.45) is 10.8 Å². The molecule has 0 unspecified atom stereocenters. The van der Waals surface area contributed by atoms with E-state index in [0.29, 0.717) is 5.84 Å². The number of anilines is 1. The minimum atomic E-state index is -0.0799. The van der Waals surface area contributed by atoms with E-state index < -0.39 is 0 Å². The molecule has 2 aromatic carbocycles. The van der Waals surface area contributed by atoms with Crippen LogP contribution in [0.15, 0.2) is 65.8 Å². The third kappa shape index (κ3) is 3.68. The van der Waals surface area contributed by atoms with E-state index in [-0.39, 0.29) is 12.3 Å². The van der Waals surface area contributed by atoms with Crippen LogP contribution in [0.1, 0.15) is 12.0 Å². The van der Waals surface area contributed by atoms with Crippen molar-refractivity contribution < 1.29 is 4.79 Å². The van der Waals surface area contributed by atoms with E-state index in [0.717, 1.165) is 5.69 Å². The van der Waals surface area contributed by atoms with E-state index >= 15 is 0 Å². The van der Waals surface area contributed by atoms with Gasteiger partial charge < -0.3 is 5.73 Å². The van der Waals surface area contributed by atoms with Gasteiger partial charge in [-0.15, -0.1) is 0 Å². The van der Waals surface area contributed by atoms with Gasteiger partial charge in [-0.25, -0.2) is 0 Å². The zero-order chi connectivity index (χ0) is 14.4. The van der Waals surface area contributed by atoms with Gasteiger partial charge in [0.2, 0.25) is 0 Å². The highest BCUT2D eigenvalue weighted by Crippen LogP contribution is 2.18. The molecule has 0 bridgehead atoms. The van der Waals surface area contributed by atoms with E-state index in [1.54, 1.807) is 0 Å². The Kier molecular flexibility index (Phi) is 4.50. The maximum absolute atomic E-state index is 11.3. The number of benzene rings is 2. The second kappa shape index (κ2) is 6.52. The molecule has 1 aliphatic heterocycles. The molecule has 4 heteroatoms. The average Bonchev–Trinajstić information content (AvgIpc) is 2.80. The summed E-state index contributed by atoms with van der Waals surface area (Å²) in [7, 11) is 0. The second-order valence-corrected chi connectivity index (χ2v) is 4.46. The lowest BCUT2D eigenvalue weighted by Gasteiger charge is -2.10. The van der Waals surface area contributed by atoms with Gasteiger partial charge >= 0.3 is 0 Å². The molecule has 0 saturated carbocycles. The topological polar surface area (TPSA) is 58.7 Å². The Morgan fingerprint density at radius 1 is 1.00 bits per heavy atom. The molecular formula is C16H17N3O. The smallest absolute Gasteiger partial charge is 0.255 e. The van der Waals surface area contributed by atoms with E-state index in [2.05, 4.69) is 24.2 Å². The summed E-state index contributed by atoms with van der Waals surface area (Å²) in [5.74, 6) is 0.289. The monoisotopic (exact) mass is 267 g/mol. The maximum atomic E-state index is 11.3. The Hall–Kier alpha value is -2.62. The summed E-state index contributed by atoms with van der Waals surface area (Å²) in [6, 6.07) is 19.5. The van der Waals surface area contributed by atoms with E-state index in [1.807, 2.05) is 48.5 Å². The first-order valence-electron chi connectivity index (χ1n) is 6.39. The molecular weight excluding hydrogens is 250 g/mol. The quantitative estimate of drug-likeness (QED) is 0.863. The van der Waals surface area contributed by atoms with Crippen molar-refractivity contribution >= 4 is 17.4 Å². The summed E-state index contributed by atoms with van der Waals surface area (Å²) in [4.78, 5) is 11.3. The maximum Gasteiger partial charge on any atom is 0.255 e. The van der Waals surface area contributed by atoms with Crippen LogP contribution in [0.5, 0.6) is 0 Å².